The van der Waals surface area contributed by atoms with E-state index in [9.17, 15) is 0 Å². The molecule has 0 aromatic heterocycles. The second kappa shape index (κ2) is 3.52. The van der Waals surface area contributed by atoms with Crippen LogP contribution in [0.1, 0.15) is 6.92 Å². The summed E-state index contributed by atoms with van der Waals surface area (Å²) in [4.78, 5) is 4.13. The molecule has 1 aromatic carbocycles. The summed E-state index contributed by atoms with van der Waals surface area (Å²) in [5, 5.41) is 0. The summed E-state index contributed by atoms with van der Waals surface area (Å²) < 4.78 is 1.04. The molecule has 0 radical (unpaired) electrons. The minimum Gasteiger partial charge on any atom is -0.260 e. The maximum Gasteiger partial charge on any atom is 0.0767 e. The van der Waals surface area contributed by atoms with Crippen LogP contribution in [0, 0.1) is 0 Å². The van der Waals surface area contributed by atoms with Gasteiger partial charge in [0.1, 0.15) is 0 Å². The van der Waals surface area contributed by atoms with Gasteiger partial charge in [0.05, 0.1) is 5.69 Å². The standard InChI is InChI=1S/C8H8BrN/c1-2-10-8-6-4-3-5-7(8)9/h2-6H,1H3/b10-2+. The van der Waals surface area contributed by atoms with E-state index in [-0.39, 0.29) is 0 Å². The first-order valence-electron chi connectivity index (χ1n) is 3.08. The summed E-state index contributed by atoms with van der Waals surface area (Å²) in [6, 6.07) is 7.87. The van der Waals surface area contributed by atoms with E-state index in [0.717, 1.165) is 10.2 Å². The van der Waals surface area contributed by atoms with Gasteiger partial charge in [0, 0.05) is 10.7 Å². The van der Waals surface area contributed by atoms with Crippen LogP contribution in [-0.2, 0) is 0 Å². The number of benzene rings is 1. The Morgan fingerprint density at radius 2 is 2.10 bits per heavy atom. The minimum absolute atomic E-state index is 0.977. The van der Waals surface area contributed by atoms with Crippen molar-refractivity contribution in [2.24, 2.45) is 4.99 Å². The predicted molar refractivity (Wildman–Crippen MR) is 48.0 cm³/mol. The lowest BCUT2D eigenvalue weighted by molar-refractivity contribution is 1.50. The average molecular weight is 198 g/mol. The number of aliphatic imine (C=N–C) groups is 1. The molecule has 1 nitrogen and oxygen atoms in total. The van der Waals surface area contributed by atoms with Gasteiger partial charge >= 0.3 is 0 Å². The Morgan fingerprint density at radius 1 is 1.40 bits per heavy atom. The van der Waals surface area contributed by atoms with Crippen molar-refractivity contribution in [1.29, 1.82) is 0 Å². The molecule has 10 heavy (non-hydrogen) atoms. The highest BCUT2D eigenvalue weighted by Gasteiger charge is 1.91. The summed E-state index contributed by atoms with van der Waals surface area (Å²) in [5.41, 5.74) is 0.977. The van der Waals surface area contributed by atoms with Gasteiger partial charge in [0.15, 0.2) is 0 Å². The molecule has 0 spiro atoms. The Hall–Kier alpha value is -0.630. The van der Waals surface area contributed by atoms with Gasteiger partial charge < -0.3 is 0 Å². The van der Waals surface area contributed by atoms with Crippen LogP contribution in [0.3, 0.4) is 0 Å². The minimum atomic E-state index is 0.977. The van der Waals surface area contributed by atoms with Crippen molar-refractivity contribution in [2.75, 3.05) is 0 Å². The lowest BCUT2D eigenvalue weighted by Gasteiger charge is -1.93. The molecule has 0 aliphatic carbocycles. The molecule has 0 saturated carbocycles. The molecule has 0 atom stereocenters. The molecule has 0 aliphatic rings. The van der Waals surface area contributed by atoms with Crippen molar-refractivity contribution in [2.45, 2.75) is 6.92 Å². The Morgan fingerprint density at radius 3 is 2.70 bits per heavy atom. The second-order valence-electron chi connectivity index (χ2n) is 1.84. The Bertz CT molecular complexity index is 243. The molecule has 1 aromatic rings. The van der Waals surface area contributed by atoms with E-state index >= 15 is 0 Å². The Kier molecular flexibility index (Phi) is 2.63. The molecule has 0 aliphatic heterocycles. The topological polar surface area (TPSA) is 12.4 Å². The number of rotatable bonds is 1. The van der Waals surface area contributed by atoms with Gasteiger partial charge in [-0.05, 0) is 35.0 Å². The average Bonchev–Trinajstić information content (AvgIpc) is 1.94. The van der Waals surface area contributed by atoms with Gasteiger partial charge in [0.25, 0.3) is 0 Å². The van der Waals surface area contributed by atoms with Gasteiger partial charge in [-0.2, -0.15) is 0 Å². The molecule has 52 valence electrons. The van der Waals surface area contributed by atoms with Crippen molar-refractivity contribution in [3.63, 3.8) is 0 Å². The highest BCUT2D eigenvalue weighted by molar-refractivity contribution is 9.10. The van der Waals surface area contributed by atoms with Crippen LogP contribution in [0.15, 0.2) is 33.7 Å². The van der Waals surface area contributed by atoms with Crippen LogP contribution in [0.25, 0.3) is 0 Å². The number of halogens is 1. The second-order valence-corrected chi connectivity index (χ2v) is 2.69. The van der Waals surface area contributed by atoms with Crippen molar-refractivity contribution < 1.29 is 0 Å². The van der Waals surface area contributed by atoms with E-state index in [1.54, 1.807) is 6.21 Å². The molecule has 2 heteroatoms. The molecule has 0 unspecified atom stereocenters. The summed E-state index contributed by atoms with van der Waals surface area (Å²) in [6.45, 7) is 1.90. The zero-order valence-electron chi connectivity index (χ0n) is 5.71. The van der Waals surface area contributed by atoms with Gasteiger partial charge in [-0.25, -0.2) is 0 Å². The predicted octanol–water partition coefficient (Wildman–Crippen LogP) is 3.17. The van der Waals surface area contributed by atoms with Crippen LogP contribution in [-0.4, -0.2) is 6.21 Å². The molecule has 0 fully saturated rings. The fourth-order valence-electron chi connectivity index (χ4n) is 0.696. The number of hydrogen-bond acceptors (Lipinski definition) is 1. The van der Waals surface area contributed by atoms with Crippen molar-refractivity contribution >= 4 is 27.8 Å². The maximum atomic E-state index is 4.13. The molecule has 0 bridgehead atoms. The highest BCUT2D eigenvalue weighted by atomic mass is 79.9. The van der Waals surface area contributed by atoms with Crippen molar-refractivity contribution in [3.05, 3.63) is 28.7 Å². The third kappa shape index (κ3) is 1.67. The molecule has 1 rings (SSSR count). The quantitative estimate of drug-likeness (QED) is 0.614. The summed E-state index contributed by atoms with van der Waals surface area (Å²) in [7, 11) is 0. The lowest BCUT2D eigenvalue weighted by atomic mass is 10.3. The van der Waals surface area contributed by atoms with Gasteiger partial charge in [0.2, 0.25) is 0 Å². The third-order valence-corrected chi connectivity index (χ3v) is 1.79. The fraction of sp³-hybridized carbons (Fsp3) is 0.125. The monoisotopic (exact) mass is 197 g/mol. The third-order valence-electron chi connectivity index (χ3n) is 1.12. The van der Waals surface area contributed by atoms with E-state index in [1.165, 1.54) is 0 Å². The summed E-state index contributed by atoms with van der Waals surface area (Å²) in [6.07, 6.45) is 1.78. The molecule has 0 heterocycles. The first kappa shape index (κ1) is 7.48. The van der Waals surface area contributed by atoms with Crippen LogP contribution in [0.5, 0.6) is 0 Å². The number of hydrogen-bond donors (Lipinski definition) is 0. The fourth-order valence-corrected chi connectivity index (χ4v) is 1.08. The molecular formula is C8H8BrN. The molecular weight excluding hydrogens is 190 g/mol. The SMILES string of the molecule is C/C=N/c1ccccc1Br. The zero-order chi connectivity index (χ0) is 7.40. The maximum absolute atomic E-state index is 4.13. The van der Waals surface area contributed by atoms with Gasteiger partial charge in [-0.3, -0.25) is 4.99 Å². The lowest BCUT2D eigenvalue weighted by Crippen LogP contribution is -1.66. The van der Waals surface area contributed by atoms with Crippen molar-refractivity contribution in [1.82, 2.24) is 0 Å². The normalized spacial score (nSPS) is 10.6. The van der Waals surface area contributed by atoms with E-state index in [4.69, 9.17) is 0 Å². The smallest absolute Gasteiger partial charge is 0.0767 e. The highest BCUT2D eigenvalue weighted by Crippen LogP contribution is 2.23. The first-order chi connectivity index (χ1) is 4.84. The number of nitrogens with zero attached hydrogens (tertiary/aromatic N) is 1. The summed E-state index contributed by atoms with van der Waals surface area (Å²) >= 11 is 3.38. The Balaban J connectivity index is 3.03. The molecule has 0 amide bonds. The van der Waals surface area contributed by atoms with Crippen LogP contribution in [0.2, 0.25) is 0 Å². The van der Waals surface area contributed by atoms with E-state index in [1.807, 2.05) is 31.2 Å². The van der Waals surface area contributed by atoms with E-state index in [2.05, 4.69) is 20.9 Å². The molecule has 0 saturated heterocycles. The van der Waals surface area contributed by atoms with Crippen LogP contribution in [0.4, 0.5) is 5.69 Å². The van der Waals surface area contributed by atoms with Gasteiger partial charge in [-0.15, -0.1) is 0 Å². The summed E-state index contributed by atoms with van der Waals surface area (Å²) in [5.74, 6) is 0. The zero-order valence-corrected chi connectivity index (χ0v) is 7.30. The molecule has 0 N–H and O–H groups in total. The van der Waals surface area contributed by atoms with Crippen LogP contribution < -0.4 is 0 Å². The largest absolute Gasteiger partial charge is 0.260 e. The Labute approximate surface area is 68.9 Å². The van der Waals surface area contributed by atoms with E-state index in [0.29, 0.717) is 0 Å². The van der Waals surface area contributed by atoms with Gasteiger partial charge in [-0.1, -0.05) is 12.1 Å². The van der Waals surface area contributed by atoms with Crippen LogP contribution >= 0.6 is 15.9 Å². The van der Waals surface area contributed by atoms with E-state index < -0.39 is 0 Å². The number of para-hydroxylation sites is 1. The van der Waals surface area contributed by atoms with Crippen molar-refractivity contribution in [3.8, 4) is 0 Å². The first-order valence-corrected chi connectivity index (χ1v) is 3.87.